The van der Waals surface area contributed by atoms with Crippen molar-refractivity contribution in [3.63, 3.8) is 0 Å². The quantitative estimate of drug-likeness (QED) is 0.636. The number of aldehydes is 1. The molecule has 4 aliphatic rings. The van der Waals surface area contributed by atoms with Crippen LogP contribution in [0.15, 0.2) is 0 Å². The zero-order valence-corrected chi connectivity index (χ0v) is 12.1. The molecule has 2 unspecified atom stereocenters. The molecule has 0 N–H and O–H groups in total. The monoisotopic (exact) mass is 260 g/mol. The second-order valence-corrected chi connectivity index (χ2v) is 7.97. The molecule has 0 radical (unpaired) electrons. The van der Waals surface area contributed by atoms with Crippen molar-refractivity contribution in [2.75, 3.05) is 0 Å². The third kappa shape index (κ3) is 1.99. The van der Waals surface area contributed by atoms with Crippen molar-refractivity contribution in [1.82, 2.24) is 0 Å². The van der Waals surface area contributed by atoms with Gasteiger partial charge in [-0.05, 0) is 86.9 Å². The van der Waals surface area contributed by atoms with Gasteiger partial charge in [-0.3, -0.25) is 0 Å². The second kappa shape index (κ2) is 4.90. The lowest BCUT2D eigenvalue weighted by Crippen LogP contribution is -2.44. The summed E-state index contributed by atoms with van der Waals surface area (Å²) < 4.78 is 0. The molecule has 0 saturated heterocycles. The molecule has 1 heteroatoms. The van der Waals surface area contributed by atoms with Gasteiger partial charge in [0.15, 0.2) is 0 Å². The molecule has 4 rings (SSSR count). The Morgan fingerprint density at radius 3 is 2.11 bits per heavy atom. The van der Waals surface area contributed by atoms with E-state index in [1.54, 1.807) is 6.42 Å². The molecule has 106 valence electrons. The first-order chi connectivity index (χ1) is 9.36. The van der Waals surface area contributed by atoms with Gasteiger partial charge < -0.3 is 4.79 Å². The van der Waals surface area contributed by atoms with E-state index in [1.165, 1.54) is 64.1 Å². The number of rotatable bonds is 1. The minimum absolute atomic E-state index is 0.403. The van der Waals surface area contributed by atoms with E-state index in [-0.39, 0.29) is 0 Å². The van der Waals surface area contributed by atoms with Gasteiger partial charge in [-0.15, -0.1) is 0 Å². The van der Waals surface area contributed by atoms with Crippen LogP contribution >= 0.6 is 0 Å². The van der Waals surface area contributed by atoms with Crippen LogP contribution in [0.3, 0.4) is 0 Å². The fourth-order valence-corrected chi connectivity index (χ4v) is 6.63. The summed E-state index contributed by atoms with van der Waals surface area (Å²) in [4.78, 5) is 11.1. The van der Waals surface area contributed by atoms with Crippen LogP contribution in [0.4, 0.5) is 0 Å². The standard InChI is InChI=1S/C18H28O/c19-11-12-4-7-16-14(10-12)6-9-17-15-3-1-2-13(15)5-8-18(16)17/h11-18H,1-10H2/t12?,13-,14?,15-,16-,17-,18+/m0/s1. The van der Waals surface area contributed by atoms with Gasteiger partial charge in [0.05, 0.1) is 0 Å². The van der Waals surface area contributed by atoms with Crippen LogP contribution in [0.1, 0.15) is 64.2 Å². The van der Waals surface area contributed by atoms with Gasteiger partial charge in [-0.25, -0.2) is 0 Å². The molecular weight excluding hydrogens is 232 g/mol. The molecule has 1 nitrogen and oxygen atoms in total. The highest BCUT2D eigenvalue weighted by Crippen LogP contribution is 2.58. The maximum absolute atomic E-state index is 11.1. The molecule has 0 amide bonds. The summed E-state index contributed by atoms with van der Waals surface area (Å²) in [6.45, 7) is 0. The van der Waals surface area contributed by atoms with Crippen molar-refractivity contribution >= 4 is 6.29 Å². The van der Waals surface area contributed by atoms with Crippen molar-refractivity contribution < 1.29 is 4.79 Å². The Labute approximate surface area is 117 Å². The lowest BCUT2D eigenvalue weighted by atomic mass is 9.53. The van der Waals surface area contributed by atoms with E-state index < -0.39 is 0 Å². The molecule has 7 atom stereocenters. The summed E-state index contributed by atoms with van der Waals surface area (Å²) in [5, 5.41) is 0. The lowest BCUT2D eigenvalue weighted by Gasteiger charge is -2.52. The maximum Gasteiger partial charge on any atom is 0.123 e. The van der Waals surface area contributed by atoms with Crippen LogP contribution in [-0.2, 0) is 4.79 Å². The third-order valence-corrected chi connectivity index (χ3v) is 7.38. The lowest BCUT2D eigenvalue weighted by molar-refractivity contribution is -0.114. The van der Waals surface area contributed by atoms with Crippen LogP contribution in [0.5, 0.6) is 0 Å². The first-order valence-corrected chi connectivity index (χ1v) is 8.82. The number of hydrogen-bond donors (Lipinski definition) is 0. The van der Waals surface area contributed by atoms with Crippen molar-refractivity contribution in [2.24, 2.45) is 41.4 Å². The highest BCUT2D eigenvalue weighted by Gasteiger charge is 2.49. The van der Waals surface area contributed by atoms with Crippen LogP contribution in [0.25, 0.3) is 0 Å². The Bertz CT molecular complexity index is 350. The highest BCUT2D eigenvalue weighted by molar-refractivity contribution is 5.53. The number of fused-ring (bicyclic) bond motifs is 5. The molecule has 0 aliphatic heterocycles. The molecule has 4 saturated carbocycles. The molecule has 0 heterocycles. The fourth-order valence-electron chi connectivity index (χ4n) is 6.63. The van der Waals surface area contributed by atoms with Crippen molar-refractivity contribution in [3.8, 4) is 0 Å². The van der Waals surface area contributed by atoms with Crippen LogP contribution in [0, 0.1) is 41.4 Å². The average Bonchev–Trinajstić information content (AvgIpc) is 2.94. The number of hydrogen-bond acceptors (Lipinski definition) is 1. The molecule has 0 spiro atoms. The summed E-state index contributed by atoms with van der Waals surface area (Å²) in [6, 6.07) is 0. The van der Waals surface area contributed by atoms with Crippen molar-refractivity contribution in [3.05, 3.63) is 0 Å². The van der Waals surface area contributed by atoms with Gasteiger partial charge in [0.25, 0.3) is 0 Å². The van der Waals surface area contributed by atoms with Crippen molar-refractivity contribution in [2.45, 2.75) is 64.2 Å². The average molecular weight is 260 g/mol. The SMILES string of the molecule is O=CC1CC[C@H]2C(CC[C@H]3[C@H]4CCC[C@H]4CC[C@@H]32)C1. The minimum atomic E-state index is 0.403. The van der Waals surface area contributed by atoms with Crippen LogP contribution in [0.2, 0.25) is 0 Å². The first-order valence-electron chi connectivity index (χ1n) is 8.82. The van der Waals surface area contributed by atoms with Crippen LogP contribution in [-0.4, -0.2) is 6.29 Å². The molecule has 0 aromatic rings. The van der Waals surface area contributed by atoms with Gasteiger partial charge in [-0.2, -0.15) is 0 Å². The normalized spacial score (nSPS) is 52.9. The maximum atomic E-state index is 11.1. The van der Waals surface area contributed by atoms with Gasteiger partial charge in [0.1, 0.15) is 6.29 Å². The summed E-state index contributed by atoms with van der Waals surface area (Å²) in [6.07, 6.45) is 15.6. The topological polar surface area (TPSA) is 17.1 Å². The summed E-state index contributed by atoms with van der Waals surface area (Å²) in [5.41, 5.74) is 0. The van der Waals surface area contributed by atoms with Gasteiger partial charge in [-0.1, -0.05) is 12.8 Å². The third-order valence-electron chi connectivity index (χ3n) is 7.38. The first kappa shape index (κ1) is 12.4. The minimum Gasteiger partial charge on any atom is -0.303 e. The number of carbonyl (C=O) groups excluding carboxylic acids is 1. The van der Waals surface area contributed by atoms with E-state index in [0.29, 0.717) is 5.92 Å². The Kier molecular flexibility index (Phi) is 3.20. The van der Waals surface area contributed by atoms with Gasteiger partial charge >= 0.3 is 0 Å². The van der Waals surface area contributed by atoms with E-state index in [0.717, 1.165) is 35.5 Å². The van der Waals surface area contributed by atoms with Gasteiger partial charge in [0.2, 0.25) is 0 Å². The van der Waals surface area contributed by atoms with E-state index in [9.17, 15) is 4.79 Å². The van der Waals surface area contributed by atoms with E-state index in [1.807, 2.05) is 0 Å². The molecule has 19 heavy (non-hydrogen) atoms. The fraction of sp³-hybridized carbons (Fsp3) is 0.944. The summed E-state index contributed by atoms with van der Waals surface area (Å²) in [5.74, 6) is 6.63. The van der Waals surface area contributed by atoms with E-state index in [4.69, 9.17) is 0 Å². The summed E-state index contributed by atoms with van der Waals surface area (Å²) in [7, 11) is 0. The van der Waals surface area contributed by atoms with Gasteiger partial charge in [0, 0.05) is 5.92 Å². The zero-order valence-electron chi connectivity index (χ0n) is 12.1. The zero-order chi connectivity index (χ0) is 12.8. The van der Waals surface area contributed by atoms with E-state index >= 15 is 0 Å². The molecular formula is C18H28O. The Morgan fingerprint density at radius 2 is 1.32 bits per heavy atom. The predicted octanol–water partition coefficient (Wildman–Crippen LogP) is 4.45. The Balaban J connectivity index is 1.51. The predicted molar refractivity (Wildman–Crippen MR) is 76.7 cm³/mol. The van der Waals surface area contributed by atoms with E-state index in [2.05, 4.69) is 0 Å². The smallest absolute Gasteiger partial charge is 0.123 e. The van der Waals surface area contributed by atoms with Crippen molar-refractivity contribution in [1.29, 1.82) is 0 Å². The molecule has 0 aromatic carbocycles. The molecule has 4 fully saturated rings. The van der Waals surface area contributed by atoms with Crippen LogP contribution < -0.4 is 0 Å². The second-order valence-electron chi connectivity index (χ2n) is 7.97. The molecule has 0 aromatic heterocycles. The largest absolute Gasteiger partial charge is 0.303 e. The number of carbonyl (C=O) groups is 1. The molecule has 4 aliphatic carbocycles. The summed E-state index contributed by atoms with van der Waals surface area (Å²) >= 11 is 0. The molecule has 0 bridgehead atoms. The Morgan fingerprint density at radius 1 is 0.632 bits per heavy atom. The highest BCUT2D eigenvalue weighted by atomic mass is 16.1. The Hall–Kier alpha value is -0.330.